The van der Waals surface area contributed by atoms with E-state index in [1.165, 1.54) is 0 Å². The van der Waals surface area contributed by atoms with E-state index in [9.17, 15) is 19.2 Å². The summed E-state index contributed by atoms with van der Waals surface area (Å²) in [5.41, 5.74) is 7.45. The van der Waals surface area contributed by atoms with Crippen LogP contribution in [0.5, 0.6) is 0 Å². The van der Waals surface area contributed by atoms with E-state index in [0.717, 1.165) is 74.6 Å². The van der Waals surface area contributed by atoms with Gasteiger partial charge in [-0.15, -0.1) is 0 Å². The molecule has 1 aromatic carbocycles. The molecule has 4 aliphatic rings. The minimum atomic E-state index is -0.435. The number of imide groups is 1. The second-order valence-electron chi connectivity index (χ2n) is 14.3. The molecule has 2 N–H and O–H groups in total. The van der Waals surface area contributed by atoms with Crippen LogP contribution in [0.1, 0.15) is 71.6 Å². The first-order valence-corrected chi connectivity index (χ1v) is 18.6. The van der Waals surface area contributed by atoms with Gasteiger partial charge in [0.15, 0.2) is 0 Å². The lowest BCUT2D eigenvalue weighted by Crippen LogP contribution is -2.53. The van der Waals surface area contributed by atoms with Crippen LogP contribution in [0.25, 0.3) is 39.4 Å². The van der Waals surface area contributed by atoms with Gasteiger partial charge in [-0.05, 0) is 53.3 Å². The molecule has 8 heterocycles. The first kappa shape index (κ1) is 34.6. The highest BCUT2D eigenvalue weighted by molar-refractivity contribution is 6.00. The molecular weight excluding hydrogens is 699 g/mol. The summed E-state index contributed by atoms with van der Waals surface area (Å²) in [5.74, 6) is 0.220. The zero-order valence-corrected chi connectivity index (χ0v) is 30.5. The SMILES string of the molecule is CCc1nc(-c2cccc3cc(-c4ccc(C(=O)NC/C=C/c5nccc6c5CN(C5CCC(=O)NC5=O)C5OC65)nc4)ncc23)c2n1CCN(C(C)=O)C2. The average Bonchev–Trinajstić information content (AvgIpc) is 3.93. The zero-order valence-electron chi connectivity index (χ0n) is 30.5. The number of amides is 4. The molecule has 5 aromatic rings. The van der Waals surface area contributed by atoms with Gasteiger partial charge in [-0.2, -0.15) is 0 Å². The second-order valence-corrected chi connectivity index (χ2v) is 14.3. The normalized spacial score (nSPS) is 20.5. The monoisotopic (exact) mass is 737 g/mol. The number of hydrogen-bond donors (Lipinski definition) is 2. The predicted octanol–water partition coefficient (Wildman–Crippen LogP) is 3.94. The van der Waals surface area contributed by atoms with E-state index >= 15 is 0 Å². The van der Waals surface area contributed by atoms with Gasteiger partial charge >= 0.3 is 0 Å². The number of piperidine rings is 1. The molecule has 2 fully saturated rings. The summed E-state index contributed by atoms with van der Waals surface area (Å²) in [6.45, 7) is 6.37. The molecule has 55 heavy (non-hydrogen) atoms. The standard InChI is InChI=1S/C41H39N9O5/c1-3-35-46-37(34-22-48(23(2)51)16-17-49(34)35)26-7-4-6-24-18-32(45-20-28(24)26)25-9-10-31(44-19-25)39(53)43-14-5-8-30-29-21-50(33-11-12-36(52)47-40(33)54)41-38(55-41)27(29)13-15-42-30/h4-10,13,15,18-20,33,38,41H,3,11-12,14,16-17,21-22H2,1-2H3,(H,43,53)(H,47,52,54)/b8-5+. The summed E-state index contributed by atoms with van der Waals surface area (Å²) >= 11 is 0. The lowest BCUT2D eigenvalue weighted by molar-refractivity contribution is -0.138. The number of epoxide rings is 1. The van der Waals surface area contributed by atoms with Crippen molar-refractivity contribution in [2.24, 2.45) is 0 Å². The van der Waals surface area contributed by atoms with Gasteiger partial charge in [0.2, 0.25) is 17.7 Å². The van der Waals surface area contributed by atoms with Crippen LogP contribution in [-0.4, -0.2) is 83.3 Å². The number of pyridine rings is 3. The number of nitrogens with one attached hydrogen (secondary N) is 2. The first-order valence-electron chi connectivity index (χ1n) is 18.6. The lowest BCUT2D eigenvalue weighted by Gasteiger charge is -2.34. The molecule has 0 spiro atoms. The molecule has 3 atom stereocenters. The van der Waals surface area contributed by atoms with Crippen molar-refractivity contribution in [3.63, 3.8) is 0 Å². The van der Waals surface area contributed by atoms with Crippen molar-refractivity contribution >= 4 is 40.5 Å². The number of carbonyl (C=O) groups excluding carboxylic acids is 4. The van der Waals surface area contributed by atoms with Crippen LogP contribution < -0.4 is 10.6 Å². The Morgan fingerprint density at radius 1 is 1.05 bits per heavy atom. The fourth-order valence-corrected chi connectivity index (χ4v) is 8.07. The number of hydrogen-bond acceptors (Lipinski definition) is 10. The van der Waals surface area contributed by atoms with Gasteiger partial charge in [0.1, 0.15) is 23.9 Å². The molecule has 4 amide bonds. The maximum Gasteiger partial charge on any atom is 0.270 e. The average molecular weight is 738 g/mol. The molecule has 2 saturated heterocycles. The highest BCUT2D eigenvalue weighted by Crippen LogP contribution is 2.49. The largest absolute Gasteiger partial charge is 0.348 e. The van der Waals surface area contributed by atoms with Crippen molar-refractivity contribution in [1.29, 1.82) is 0 Å². The number of carbonyl (C=O) groups is 4. The van der Waals surface area contributed by atoms with E-state index in [2.05, 4.69) is 38.2 Å². The van der Waals surface area contributed by atoms with Crippen LogP contribution >= 0.6 is 0 Å². The molecule has 14 heteroatoms. The summed E-state index contributed by atoms with van der Waals surface area (Å²) in [4.78, 5) is 72.3. The molecule has 0 aliphatic carbocycles. The molecule has 4 aliphatic heterocycles. The van der Waals surface area contributed by atoms with Crippen LogP contribution in [0.2, 0.25) is 0 Å². The van der Waals surface area contributed by atoms with Crippen molar-refractivity contribution < 1.29 is 23.9 Å². The summed E-state index contributed by atoms with van der Waals surface area (Å²) < 4.78 is 8.19. The maximum absolute atomic E-state index is 13.0. The van der Waals surface area contributed by atoms with Gasteiger partial charge in [-0.1, -0.05) is 31.2 Å². The smallest absolute Gasteiger partial charge is 0.270 e. The topological polar surface area (TPSA) is 168 Å². The van der Waals surface area contributed by atoms with Gasteiger partial charge < -0.3 is 19.5 Å². The number of fused-ring (bicyclic) bond motifs is 5. The van der Waals surface area contributed by atoms with Crippen molar-refractivity contribution in [1.82, 2.24) is 44.9 Å². The quantitative estimate of drug-likeness (QED) is 0.176. The number of nitrogens with zero attached hydrogens (tertiary/aromatic N) is 7. The van der Waals surface area contributed by atoms with Gasteiger partial charge in [0.25, 0.3) is 5.91 Å². The van der Waals surface area contributed by atoms with E-state index in [4.69, 9.17) is 14.7 Å². The zero-order chi connectivity index (χ0) is 37.8. The van der Waals surface area contributed by atoms with Crippen molar-refractivity contribution in [2.75, 3.05) is 13.1 Å². The van der Waals surface area contributed by atoms with E-state index in [1.807, 2.05) is 58.5 Å². The molecular formula is C41H39N9O5. The Hall–Kier alpha value is -6.12. The third-order valence-electron chi connectivity index (χ3n) is 11.0. The minimum absolute atomic E-state index is 0.0586. The number of aryl methyl sites for hydroxylation is 1. The highest BCUT2D eigenvalue weighted by atomic mass is 16.6. The number of ether oxygens (including phenoxy) is 1. The fourth-order valence-electron chi connectivity index (χ4n) is 8.07. The molecule has 4 aromatic heterocycles. The van der Waals surface area contributed by atoms with Crippen molar-refractivity contribution in [2.45, 2.75) is 71.1 Å². The number of benzene rings is 1. The Bertz CT molecular complexity index is 2420. The van der Waals surface area contributed by atoms with Crippen molar-refractivity contribution in [3.05, 3.63) is 101 Å². The van der Waals surface area contributed by atoms with Gasteiger partial charge in [0, 0.05) is 81.0 Å². The van der Waals surface area contributed by atoms with Crippen LogP contribution in [-0.2, 0) is 45.2 Å². The Labute approximate surface area is 316 Å². The fraction of sp³-hybridized carbons (Fsp3) is 0.317. The molecule has 14 nitrogen and oxygen atoms in total. The van der Waals surface area contributed by atoms with Crippen molar-refractivity contribution in [3.8, 4) is 22.5 Å². The predicted molar refractivity (Wildman–Crippen MR) is 202 cm³/mol. The van der Waals surface area contributed by atoms with Crippen LogP contribution in [0.4, 0.5) is 0 Å². The summed E-state index contributed by atoms with van der Waals surface area (Å²) in [7, 11) is 0. The number of aromatic nitrogens is 5. The summed E-state index contributed by atoms with van der Waals surface area (Å²) in [6.07, 6.45) is 10.2. The number of imidazole rings is 1. The van der Waals surface area contributed by atoms with Gasteiger partial charge in [0.05, 0.1) is 35.4 Å². The molecule has 9 rings (SSSR count). The minimum Gasteiger partial charge on any atom is -0.348 e. The maximum atomic E-state index is 13.0. The highest BCUT2D eigenvalue weighted by Gasteiger charge is 2.53. The van der Waals surface area contributed by atoms with Crippen LogP contribution in [0, 0.1) is 0 Å². The third-order valence-corrected chi connectivity index (χ3v) is 11.0. The second kappa shape index (κ2) is 13.9. The van der Waals surface area contributed by atoms with E-state index in [1.54, 1.807) is 25.4 Å². The molecule has 0 saturated carbocycles. The molecule has 278 valence electrons. The first-order chi connectivity index (χ1) is 26.8. The van der Waals surface area contributed by atoms with E-state index in [-0.39, 0.29) is 48.2 Å². The summed E-state index contributed by atoms with van der Waals surface area (Å²) in [5, 5.41) is 7.31. The lowest BCUT2D eigenvalue weighted by atomic mass is 9.95. The van der Waals surface area contributed by atoms with Gasteiger partial charge in [-0.25, -0.2) is 4.98 Å². The van der Waals surface area contributed by atoms with E-state index in [0.29, 0.717) is 32.5 Å². The third kappa shape index (κ3) is 6.36. The Kier molecular flexibility index (Phi) is 8.78. The van der Waals surface area contributed by atoms with Crippen LogP contribution in [0.3, 0.4) is 0 Å². The molecule has 0 bridgehead atoms. The van der Waals surface area contributed by atoms with Crippen LogP contribution in [0.15, 0.2) is 67.1 Å². The molecule has 0 radical (unpaired) electrons. The Morgan fingerprint density at radius 2 is 1.95 bits per heavy atom. The number of rotatable bonds is 8. The Morgan fingerprint density at radius 3 is 2.75 bits per heavy atom. The molecule has 3 unspecified atom stereocenters. The Balaban J connectivity index is 0.869. The van der Waals surface area contributed by atoms with Gasteiger partial charge in [-0.3, -0.25) is 44.3 Å². The summed E-state index contributed by atoms with van der Waals surface area (Å²) in [6, 6.07) is 13.2. The van der Waals surface area contributed by atoms with E-state index < -0.39 is 6.04 Å².